The highest BCUT2D eigenvalue weighted by atomic mass is 35.5. The second-order valence-electron chi connectivity index (χ2n) is 5.54. The highest BCUT2D eigenvalue weighted by Crippen LogP contribution is 2.39. The minimum Gasteiger partial charge on any atom is -0.490 e. The van der Waals surface area contributed by atoms with Crippen LogP contribution in [0.2, 0.25) is 5.02 Å². The maximum Gasteiger partial charge on any atom is 0.307 e. The third-order valence-corrected chi connectivity index (χ3v) is 4.04. The first kappa shape index (κ1) is 15.2. The molecule has 20 heavy (non-hydrogen) atoms. The minimum absolute atomic E-state index is 0.00668. The van der Waals surface area contributed by atoms with Crippen LogP contribution in [-0.4, -0.2) is 17.2 Å². The lowest BCUT2D eigenvalue weighted by molar-refractivity contribution is -0.138. The Bertz CT molecular complexity index is 467. The molecule has 1 N–H and O–H groups in total. The van der Waals surface area contributed by atoms with Gasteiger partial charge in [0.1, 0.15) is 11.9 Å². The summed E-state index contributed by atoms with van der Waals surface area (Å²) in [6, 6.07) is 5.64. The monoisotopic (exact) mass is 296 g/mol. The van der Waals surface area contributed by atoms with Crippen LogP contribution >= 0.6 is 11.6 Å². The molecule has 1 aliphatic rings. The van der Waals surface area contributed by atoms with Gasteiger partial charge >= 0.3 is 5.97 Å². The number of hydrogen-bond acceptors (Lipinski definition) is 2. The van der Waals surface area contributed by atoms with Crippen molar-refractivity contribution in [2.45, 2.75) is 57.5 Å². The Morgan fingerprint density at radius 3 is 2.75 bits per heavy atom. The van der Waals surface area contributed by atoms with Gasteiger partial charge in [0.05, 0.1) is 6.42 Å². The Morgan fingerprint density at radius 2 is 2.10 bits per heavy atom. The van der Waals surface area contributed by atoms with Crippen LogP contribution in [0, 0.1) is 0 Å². The van der Waals surface area contributed by atoms with Crippen molar-refractivity contribution in [3.05, 3.63) is 28.8 Å². The molecule has 1 aromatic rings. The summed E-state index contributed by atoms with van der Waals surface area (Å²) in [5.41, 5.74) is 1.13. The highest BCUT2D eigenvalue weighted by Gasteiger charge is 2.21. The lowest BCUT2D eigenvalue weighted by Gasteiger charge is -2.25. The van der Waals surface area contributed by atoms with Gasteiger partial charge in [-0.3, -0.25) is 4.79 Å². The Balaban J connectivity index is 2.16. The van der Waals surface area contributed by atoms with Gasteiger partial charge in [0, 0.05) is 5.02 Å². The molecule has 0 spiro atoms. The van der Waals surface area contributed by atoms with Crippen LogP contribution in [0.25, 0.3) is 0 Å². The van der Waals surface area contributed by atoms with Gasteiger partial charge in [0.25, 0.3) is 0 Å². The summed E-state index contributed by atoms with van der Waals surface area (Å²) in [4.78, 5) is 10.7. The second-order valence-corrected chi connectivity index (χ2v) is 5.98. The van der Waals surface area contributed by atoms with Gasteiger partial charge in [-0.2, -0.15) is 0 Å². The average Bonchev–Trinajstić information content (AvgIpc) is 2.41. The summed E-state index contributed by atoms with van der Waals surface area (Å²) < 4.78 is 5.83. The molecule has 0 bridgehead atoms. The quantitative estimate of drug-likeness (QED) is 0.861. The van der Waals surface area contributed by atoms with E-state index in [9.17, 15) is 4.79 Å². The lowest BCUT2D eigenvalue weighted by Crippen LogP contribution is -2.18. The number of rotatable bonds is 5. The fourth-order valence-electron chi connectivity index (χ4n) is 2.86. The van der Waals surface area contributed by atoms with E-state index in [0.29, 0.717) is 10.9 Å². The zero-order valence-electron chi connectivity index (χ0n) is 11.8. The molecule has 2 rings (SSSR count). The molecule has 1 atom stereocenters. The molecule has 1 saturated carbocycles. The molecular formula is C16H21ClO3. The van der Waals surface area contributed by atoms with E-state index in [-0.39, 0.29) is 12.5 Å². The zero-order valence-corrected chi connectivity index (χ0v) is 12.5. The molecule has 1 fully saturated rings. The van der Waals surface area contributed by atoms with Crippen molar-refractivity contribution in [1.82, 2.24) is 0 Å². The fraction of sp³-hybridized carbons (Fsp3) is 0.562. The van der Waals surface area contributed by atoms with Gasteiger partial charge in [-0.15, -0.1) is 0 Å². The highest BCUT2D eigenvalue weighted by molar-refractivity contribution is 6.30. The summed E-state index contributed by atoms with van der Waals surface area (Å²) >= 11 is 6.11. The summed E-state index contributed by atoms with van der Waals surface area (Å²) in [5, 5.41) is 9.53. The van der Waals surface area contributed by atoms with Crippen LogP contribution in [0.5, 0.6) is 5.75 Å². The number of hydrogen-bond donors (Lipinski definition) is 1. The van der Waals surface area contributed by atoms with Crippen molar-refractivity contribution in [2.24, 2.45) is 0 Å². The van der Waals surface area contributed by atoms with Crippen molar-refractivity contribution >= 4 is 17.6 Å². The third-order valence-electron chi connectivity index (χ3n) is 3.81. The van der Waals surface area contributed by atoms with Crippen molar-refractivity contribution in [1.29, 1.82) is 0 Å². The topological polar surface area (TPSA) is 46.5 Å². The normalized spacial score (nSPS) is 17.7. The van der Waals surface area contributed by atoms with Crippen molar-refractivity contribution in [3.63, 3.8) is 0 Å². The standard InChI is InChI=1S/C16H21ClO3/c1-11(9-16(18)19)20-15-8-7-13(17)10-14(15)12-5-3-2-4-6-12/h7-8,10-12H,2-6,9H2,1H3,(H,18,19)/t11-/m0/s1. The summed E-state index contributed by atoms with van der Waals surface area (Å²) in [7, 11) is 0. The third kappa shape index (κ3) is 4.14. The van der Waals surface area contributed by atoms with E-state index < -0.39 is 5.97 Å². The lowest BCUT2D eigenvalue weighted by atomic mass is 9.83. The number of aliphatic carboxylic acids is 1. The van der Waals surface area contributed by atoms with E-state index in [1.54, 1.807) is 13.0 Å². The molecule has 0 amide bonds. The average molecular weight is 297 g/mol. The first-order valence-corrected chi connectivity index (χ1v) is 7.62. The Kier molecular flexibility index (Phi) is 5.30. The fourth-order valence-corrected chi connectivity index (χ4v) is 3.04. The number of carboxylic acid groups (broad SMARTS) is 1. The first-order chi connectivity index (χ1) is 9.56. The van der Waals surface area contributed by atoms with E-state index in [2.05, 4.69) is 0 Å². The predicted molar refractivity (Wildman–Crippen MR) is 79.6 cm³/mol. The minimum atomic E-state index is -0.842. The molecule has 3 nitrogen and oxygen atoms in total. The van der Waals surface area contributed by atoms with E-state index >= 15 is 0 Å². The Morgan fingerprint density at radius 1 is 1.40 bits per heavy atom. The number of ether oxygens (including phenoxy) is 1. The number of benzene rings is 1. The molecule has 0 aliphatic heterocycles. The summed E-state index contributed by atoms with van der Waals surface area (Å²) in [5.74, 6) is 0.426. The first-order valence-electron chi connectivity index (χ1n) is 7.24. The number of carbonyl (C=O) groups is 1. The van der Waals surface area contributed by atoms with Crippen LogP contribution < -0.4 is 4.74 Å². The van der Waals surface area contributed by atoms with Crippen LogP contribution in [0.3, 0.4) is 0 Å². The van der Waals surface area contributed by atoms with Crippen molar-refractivity contribution in [2.75, 3.05) is 0 Å². The number of carboxylic acids is 1. The molecular weight excluding hydrogens is 276 g/mol. The maximum absolute atomic E-state index is 10.7. The number of halogens is 1. The second kappa shape index (κ2) is 6.98. The largest absolute Gasteiger partial charge is 0.490 e. The summed E-state index contributed by atoms with van der Waals surface area (Å²) in [6.07, 6.45) is 5.75. The van der Waals surface area contributed by atoms with E-state index in [4.69, 9.17) is 21.4 Å². The van der Waals surface area contributed by atoms with Crippen molar-refractivity contribution < 1.29 is 14.6 Å². The van der Waals surface area contributed by atoms with E-state index in [1.165, 1.54) is 19.3 Å². The zero-order chi connectivity index (χ0) is 14.5. The van der Waals surface area contributed by atoms with Gasteiger partial charge in [-0.1, -0.05) is 30.9 Å². The Labute approximate surface area is 124 Å². The molecule has 0 unspecified atom stereocenters. The predicted octanol–water partition coefficient (Wildman–Crippen LogP) is 4.63. The smallest absolute Gasteiger partial charge is 0.307 e. The summed E-state index contributed by atoms with van der Waals surface area (Å²) in [6.45, 7) is 1.79. The molecule has 110 valence electrons. The van der Waals surface area contributed by atoms with Gasteiger partial charge < -0.3 is 9.84 Å². The molecule has 1 aromatic carbocycles. The molecule has 0 heterocycles. The van der Waals surface area contributed by atoms with E-state index in [1.807, 2.05) is 12.1 Å². The van der Waals surface area contributed by atoms with Crippen LogP contribution in [0.15, 0.2) is 18.2 Å². The van der Waals surface area contributed by atoms with Crippen LogP contribution in [0.4, 0.5) is 0 Å². The van der Waals surface area contributed by atoms with Crippen LogP contribution in [-0.2, 0) is 4.79 Å². The van der Waals surface area contributed by atoms with Gasteiger partial charge in [-0.05, 0) is 49.4 Å². The van der Waals surface area contributed by atoms with Gasteiger partial charge in [0.2, 0.25) is 0 Å². The SMILES string of the molecule is C[C@@H](CC(=O)O)Oc1ccc(Cl)cc1C1CCCCC1. The molecule has 0 aromatic heterocycles. The van der Waals surface area contributed by atoms with E-state index in [0.717, 1.165) is 24.2 Å². The maximum atomic E-state index is 10.7. The van der Waals surface area contributed by atoms with Crippen LogP contribution in [0.1, 0.15) is 56.9 Å². The van der Waals surface area contributed by atoms with Gasteiger partial charge in [0.15, 0.2) is 0 Å². The van der Waals surface area contributed by atoms with Gasteiger partial charge in [-0.25, -0.2) is 0 Å². The molecule has 1 aliphatic carbocycles. The Hall–Kier alpha value is -1.22. The molecule has 0 radical (unpaired) electrons. The molecule has 4 heteroatoms. The van der Waals surface area contributed by atoms with Crippen molar-refractivity contribution in [3.8, 4) is 5.75 Å². The molecule has 0 saturated heterocycles.